The van der Waals surface area contributed by atoms with Crippen LogP contribution in [-0.4, -0.2) is 4.98 Å². The van der Waals surface area contributed by atoms with E-state index in [1.807, 2.05) is 56.3 Å². The fraction of sp³-hybridized carbons (Fsp3) is 0.115. The van der Waals surface area contributed by atoms with E-state index in [1.54, 1.807) is 6.20 Å². The van der Waals surface area contributed by atoms with E-state index in [9.17, 15) is 0 Å². The van der Waals surface area contributed by atoms with Gasteiger partial charge in [0.05, 0.1) is 5.69 Å². The molecule has 136 valence electrons. The highest BCUT2D eigenvalue weighted by Crippen LogP contribution is 2.37. The molecule has 28 heavy (non-hydrogen) atoms. The van der Waals surface area contributed by atoms with Crippen LogP contribution in [0, 0.1) is 0 Å². The highest BCUT2D eigenvalue weighted by atomic mass is 16.3. The molecule has 0 atom stereocenters. The van der Waals surface area contributed by atoms with Crippen LogP contribution in [0.2, 0.25) is 0 Å². The summed E-state index contributed by atoms with van der Waals surface area (Å²) < 4.78 is 14.6. The van der Waals surface area contributed by atoms with Crippen molar-refractivity contribution in [1.82, 2.24) is 4.98 Å². The normalized spacial score (nSPS) is 12.4. The highest BCUT2D eigenvalue weighted by molar-refractivity contribution is 6.10. The molecule has 0 amide bonds. The van der Waals surface area contributed by atoms with Gasteiger partial charge in [-0.25, -0.2) is 0 Å². The van der Waals surface area contributed by atoms with Gasteiger partial charge in [0.2, 0.25) is 0 Å². The van der Waals surface area contributed by atoms with Crippen LogP contribution in [0.1, 0.15) is 26.7 Å². The fourth-order valence-corrected chi connectivity index (χ4v) is 3.70. The predicted molar refractivity (Wildman–Crippen MR) is 116 cm³/mol. The van der Waals surface area contributed by atoms with E-state index >= 15 is 0 Å². The van der Waals surface area contributed by atoms with Crippen LogP contribution in [0.3, 0.4) is 0 Å². The molecule has 2 heterocycles. The molecule has 0 aliphatic heterocycles. The van der Waals surface area contributed by atoms with Gasteiger partial charge in [0.25, 0.3) is 0 Å². The summed E-state index contributed by atoms with van der Waals surface area (Å²) in [4.78, 5) is 4.55. The zero-order valence-electron chi connectivity index (χ0n) is 16.9. The van der Waals surface area contributed by atoms with Crippen LogP contribution < -0.4 is 0 Å². The third-order valence-electron chi connectivity index (χ3n) is 5.21. The molecule has 0 bridgehead atoms. The van der Waals surface area contributed by atoms with Crippen molar-refractivity contribution in [3.63, 3.8) is 0 Å². The number of furan rings is 1. The van der Waals surface area contributed by atoms with Crippen molar-refractivity contribution in [3.8, 4) is 22.4 Å². The molecule has 3 aromatic carbocycles. The van der Waals surface area contributed by atoms with Crippen LogP contribution in [0.15, 0.2) is 89.5 Å². The van der Waals surface area contributed by atoms with Crippen molar-refractivity contribution in [2.75, 3.05) is 0 Å². The first-order valence-electron chi connectivity index (χ1n) is 9.98. The standard InChI is InChI=1S/C26H21NO/c1-17(2)19-13-14-27-24(16-19)20-11-12-25-23(15-20)22-10-6-9-21(26(22)28-25)18-7-4-3-5-8-18/h3-17H,1-2H3/i17D. The number of hydrogen-bond acceptors (Lipinski definition) is 2. The quantitative estimate of drug-likeness (QED) is 0.332. The van der Waals surface area contributed by atoms with Crippen LogP contribution >= 0.6 is 0 Å². The molecule has 0 aliphatic carbocycles. The van der Waals surface area contributed by atoms with Gasteiger partial charge in [-0.15, -0.1) is 0 Å². The maximum absolute atomic E-state index is 8.31. The summed E-state index contributed by atoms with van der Waals surface area (Å²) >= 11 is 0. The lowest BCUT2D eigenvalue weighted by Crippen LogP contribution is -1.90. The lowest BCUT2D eigenvalue weighted by Gasteiger charge is -2.07. The second kappa shape index (κ2) is 6.65. The van der Waals surface area contributed by atoms with E-state index in [-0.39, 0.29) is 0 Å². The molecule has 5 aromatic rings. The monoisotopic (exact) mass is 364 g/mol. The number of hydrogen-bond donors (Lipinski definition) is 0. The summed E-state index contributed by atoms with van der Waals surface area (Å²) in [5.41, 5.74) is 6.85. The van der Waals surface area contributed by atoms with Crippen molar-refractivity contribution in [3.05, 3.63) is 90.6 Å². The Morgan fingerprint density at radius 1 is 0.821 bits per heavy atom. The Bertz CT molecular complexity index is 1330. The Morgan fingerprint density at radius 3 is 2.50 bits per heavy atom. The van der Waals surface area contributed by atoms with Gasteiger partial charge >= 0.3 is 0 Å². The van der Waals surface area contributed by atoms with E-state index in [1.165, 1.54) is 0 Å². The molecule has 0 N–H and O–H groups in total. The van der Waals surface area contributed by atoms with Crippen molar-refractivity contribution in [1.29, 1.82) is 0 Å². The lowest BCUT2D eigenvalue weighted by molar-refractivity contribution is 0.670. The van der Waals surface area contributed by atoms with E-state index in [0.717, 1.165) is 49.9 Å². The van der Waals surface area contributed by atoms with E-state index in [0.29, 0.717) is 0 Å². The van der Waals surface area contributed by atoms with Gasteiger partial charge in [-0.3, -0.25) is 4.98 Å². The molecule has 0 unspecified atom stereocenters. The largest absolute Gasteiger partial charge is 0.455 e. The summed E-state index contributed by atoms with van der Waals surface area (Å²) in [6, 6.07) is 26.7. The van der Waals surface area contributed by atoms with Crippen molar-refractivity contribution < 1.29 is 5.79 Å². The van der Waals surface area contributed by atoms with E-state index in [2.05, 4.69) is 41.4 Å². The fourth-order valence-electron chi connectivity index (χ4n) is 3.70. The molecule has 0 aliphatic rings. The molecule has 2 nitrogen and oxygen atoms in total. The van der Waals surface area contributed by atoms with Crippen LogP contribution in [0.5, 0.6) is 0 Å². The third-order valence-corrected chi connectivity index (χ3v) is 5.21. The Morgan fingerprint density at radius 2 is 1.68 bits per heavy atom. The van der Waals surface area contributed by atoms with Gasteiger partial charge in [0.15, 0.2) is 0 Å². The summed E-state index contributed by atoms with van der Waals surface area (Å²) in [5, 5.41) is 2.17. The number of para-hydroxylation sites is 1. The van der Waals surface area contributed by atoms with Gasteiger partial charge in [-0.05, 0) is 47.4 Å². The Labute approximate surface area is 165 Å². The first-order chi connectivity index (χ1) is 14.0. The first kappa shape index (κ1) is 15.6. The molecular weight excluding hydrogens is 342 g/mol. The molecule has 0 spiro atoms. The van der Waals surface area contributed by atoms with Crippen molar-refractivity contribution in [2.24, 2.45) is 0 Å². The zero-order valence-corrected chi connectivity index (χ0v) is 15.9. The number of nitrogens with zero attached hydrogens (tertiary/aromatic N) is 1. The molecule has 5 rings (SSSR count). The second-order valence-corrected chi connectivity index (χ2v) is 7.29. The molecule has 0 saturated heterocycles. The topological polar surface area (TPSA) is 26.0 Å². The van der Waals surface area contributed by atoms with Crippen LogP contribution in [0.4, 0.5) is 0 Å². The number of benzene rings is 3. The summed E-state index contributed by atoms with van der Waals surface area (Å²) in [6.45, 7) is 3.79. The zero-order chi connectivity index (χ0) is 20.0. The van der Waals surface area contributed by atoms with Gasteiger partial charge in [0.1, 0.15) is 11.2 Å². The lowest BCUT2D eigenvalue weighted by atomic mass is 9.99. The summed E-state index contributed by atoms with van der Waals surface area (Å²) in [5.74, 6) is -0.658. The SMILES string of the molecule is [2H]C(C)(C)c1ccnc(-c2ccc3oc4c(-c5ccccc5)cccc4c3c2)c1. The Hall–Kier alpha value is -3.39. The summed E-state index contributed by atoms with van der Waals surface area (Å²) in [7, 11) is 0. The first-order valence-corrected chi connectivity index (χ1v) is 9.48. The van der Waals surface area contributed by atoms with Gasteiger partial charge in [0, 0.05) is 29.5 Å². The number of fused-ring (bicyclic) bond motifs is 3. The molecule has 0 saturated carbocycles. The van der Waals surface area contributed by atoms with Gasteiger partial charge in [-0.2, -0.15) is 0 Å². The van der Waals surface area contributed by atoms with E-state index < -0.39 is 5.89 Å². The Kier molecular flexibility index (Phi) is 3.71. The maximum atomic E-state index is 8.31. The average Bonchev–Trinajstić information content (AvgIpc) is 3.12. The minimum Gasteiger partial charge on any atom is -0.455 e. The minimum absolute atomic E-state index is 0.658. The molecule has 0 fully saturated rings. The van der Waals surface area contributed by atoms with Crippen molar-refractivity contribution >= 4 is 21.9 Å². The molecular formula is C26H21NO. The molecule has 2 aromatic heterocycles. The minimum atomic E-state index is -0.658. The molecule has 0 radical (unpaired) electrons. The van der Waals surface area contributed by atoms with Crippen molar-refractivity contribution in [2.45, 2.75) is 19.7 Å². The van der Waals surface area contributed by atoms with E-state index in [4.69, 9.17) is 5.79 Å². The average molecular weight is 364 g/mol. The summed E-state index contributed by atoms with van der Waals surface area (Å²) in [6.07, 6.45) is 1.78. The van der Waals surface area contributed by atoms with Crippen LogP contribution in [0.25, 0.3) is 44.3 Å². The maximum Gasteiger partial charge on any atom is 0.143 e. The number of rotatable bonds is 3. The third kappa shape index (κ3) is 2.78. The molecule has 2 heteroatoms. The van der Waals surface area contributed by atoms with Crippen LogP contribution in [-0.2, 0) is 0 Å². The number of pyridine rings is 1. The van der Waals surface area contributed by atoms with Gasteiger partial charge < -0.3 is 4.42 Å². The highest BCUT2D eigenvalue weighted by Gasteiger charge is 2.13. The number of aromatic nitrogens is 1. The smallest absolute Gasteiger partial charge is 0.143 e. The van der Waals surface area contributed by atoms with Gasteiger partial charge in [-0.1, -0.05) is 62.4 Å². The Balaban J connectivity index is 1.69. The predicted octanol–water partition coefficient (Wildman–Crippen LogP) is 7.44. The second-order valence-electron chi connectivity index (χ2n) is 7.29.